The third kappa shape index (κ3) is 9.81. The molecule has 5 bridgehead atoms. The smallest absolute Gasteiger partial charge is 0.341 e. The van der Waals surface area contributed by atoms with Crippen LogP contribution >= 0.6 is 0 Å². The Kier molecular flexibility index (Phi) is 15.3. The van der Waals surface area contributed by atoms with Gasteiger partial charge in [-0.25, -0.2) is 9.18 Å². The van der Waals surface area contributed by atoms with Crippen molar-refractivity contribution < 1.29 is 72.5 Å². The van der Waals surface area contributed by atoms with Gasteiger partial charge in [-0.2, -0.15) is 0 Å². The number of carbonyl (C=O) groups is 6. The third-order valence-electron chi connectivity index (χ3n) is 15.8. The van der Waals surface area contributed by atoms with Gasteiger partial charge in [0.05, 0.1) is 58.7 Å². The van der Waals surface area contributed by atoms with Crippen molar-refractivity contribution in [3.05, 3.63) is 115 Å². The Morgan fingerprint density at radius 3 is 2.28 bits per heavy atom. The predicted octanol–water partition coefficient (Wildman–Crippen LogP) is 5.71. The number of ether oxygens (including phenoxy) is 4. The molecule has 1 unspecified atom stereocenters. The molecule has 6 N–H and O–H groups in total. The zero-order valence-corrected chi connectivity index (χ0v) is 44.1. The molecule has 6 heterocycles. The Morgan fingerprint density at radius 2 is 1.63 bits per heavy atom. The third-order valence-corrected chi connectivity index (χ3v) is 15.8. The Hall–Kier alpha value is -7.16. The number of nitrogens with one attached hydrogen (secondary N) is 2. The molecule has 10 atom stereocenters. The van der Waals surface area contributed by atoms with Crippen molar-refractivity contribution in [3.8, 4) is 11.5 Å². The molecule has 6 aliphatic rings. The number of aromatic nitrogens is 1. The first-order valence-corrected chi connectivity index (χ1v) is 25.5. The van der Waals surface area contributed by atoms with Crippen LogP contribution < -0.4 is 25.8 Å². The second-order valence-corrected chi connectivity index (χ2v) is 21.1. The number of benzene rings is 1. The molecule has 2 aromatic heterocycles. The quantitative estimate of drug-likeness (QED) is 0.148. The number of aliphatic hydroxyl groups is 2. The maximum atomic E-state index is 16.2. The average Bonchev–Trinajstić information content (AvgIpc) is 4.07. The van der Waals surface area contributed by atoms with Gasteiger partial charge in [0.15, 0.2) is 5.82 Å². The molecule has 1 saturated carbocycles. The second-order valence-electron chi connectivity index (χ2n) is 21.1. The number of aromatic hydroxyl groups is 1. The van der Waals surface area contributed by atoms with Crippen LogP contribution in [0.1, 0.15) is 132 Å². The van der Waals surface area contributed by atoms with Gasteiger partial charge in [0.1, 0.15) is 34.6 Å². The van der Waals surface area contributed by atoms with Crippen LogP contribution in [-0.2, 0) is 23.8 Å². The number of allylic oxidation sites excluding steroid dienone is 4. The molecule has 20 heteroatoms. The zero-order chi connectivity index (χ0) is 55.6. The number of halogens is 1. The fourth-order valence-corrected chi connectivity index (χ4v) is 11.2. The summed E-state index contributed by atoms with van der Waals surface area (Å²) in [7, 11) is 1.40. The van der Waals surface area contributed by atoms with Crippen LogP contribution in [0.2, 0.25) is 0 Å². The molecule has 1 amide bonds. The number of carboxylic acid groups (broad SMARTS) is 1. The Bertz CT molecular complexity index is 3150. The molecular weight excluding hydrogens is 988 g/mol. The standard InChI is InChI=1S/C56H65FN4O15/c1-24-12-11-13-25(2)53(69)59-42-41(58-21-32-16-18-60(22-32)44-27(4)43-34(33-14-15-33)20-35(55(71)72)54(70)61(43)23-36(44)57)48(66)38-39(49(42)67)47(65)30(7)51-40(38)52(68)56(9,76-51)74-19-17-37(73-10)26(3)50(75-31(8)62)29(6)46(64)28(5)45(24)63/h11-13,17,19-20,23-24,26,28-29,32-33,37,45-46,50,58,63-65H,14-16,18,21-22H2,1-10H3,(H,59,69)(H,71,72)/b12-11+,19-17+,25-13-/t24-,26+,28+,29+,32?,37-,45-,46+,50+,56-/m0/s1. The topological polar surface area (TPSA) is 269 Å². The molecule has 2 aliphatic carbocycles. The van der Waals surface area contributed by atoms with E-state index in [1.165, 1.54) is 59.1 Å². The number of rotatable bonds is 8. The summed E-state index contributed by atoms with van der Waals surface area (Å²) in [5.74, 6) is -12.6. The minimum absolute atomic E-state index is 0.00912. The molecule has 9 rings (SSSR count). The lowest BCUT2D eigenvalue weighted by atomic mass is 9.78. The van der Waals surface area contributed by atoms with Gasteiger partial charge < -0.3 is 54.9 Å². The van der Waals surface area contributed by atoms with Crippen LogP contribution in [0.25, 0.3) is 5.52 Å². The molecule has 3 aromatic rings. The van der Waals surface area contributed by atoms with Crippen molar-refractivity contribution in [1.29, 1.82) is 0 Å². The molecule has 1 saturated heterocycles. The molecule has 4 aliphatic heterocycles. The van der Waals surface area contributed by atoms with Gasteiger partial charge >= 0.3 is 17.7 Å². The molecule has 76 heavy (non-hydrogen) atoms. The maximum Gasteiger partial charge on any atom is 0.341 e. The summed E-state index contributed by atoms with van der Waals surface area (Å²) in [5.41, 5.74) is -1.88. The highest BCUT2D eigenvalue weighted by Gasteiger charge is 2.53. The summed E-state index contributed by atoms with van der Waals surface area (Å²) in [5, 5.41) is 50.3. The van der Waals surface area contributed by atoms with Gasteiger partial charge in [0.2, 0.25) is 11.6 Å². The van der Waals surface area contributed by atoms with E-state index in [0.29, 0.717) is 29.6 Å². The van der Waals surface area contributed by atoms with Gasteiger partial charge in [-0.3, -0.25) is 33.2 Å². The summed E-state index contributed by atoms with van der Waals surface area (Å²) in [6, 6.07) is 1.38. The number of esters is 1. The number of aryl methyl sites for hydroxylation is 1. The summed E-state index contributed by atoms with van der Waals surface area (Å²) < 4.78 is 41.0. The number of pyridine rings is 2. The fourth-order valence-electron chi connectivity index (χ4n) is 11.2. The van der Waals surface area contributed by atoms with Gasteiger partial charge in [0, 0.05) is 75.4 Å². The average molecular weight is 1050 g/mol. The fraction of sp³-hybridized carbons (Fsp3) is 0.482. The molecule has 1 aromatic carbocycles. The minimum atomic E-state index is -2.18. The van der Waals surface area contributed by atoms with Gasteiger partial charge in [-0.05, 0) is 75.1 Å². The summed E-state index contributed by atoms with van der Waals surface area (Å²) in [6.07, 6.45) is 6.04. The Morgan fingerprint density at radius 1 is 0.934 bits per heavy atom. The Balaban J connectivity index is 1.17. The van der Waals surface area contributed by atoms with E-state index in [-0.39, 0.29) is 53.1 Å². The Labute approximate surface area is 438 Å². The van der Waals surface area contributed by atoms with E-state index in [2.05, 4.69) is 10.6 Å². The van der Waals surface area contributed by atoms with Crippen molar-refractivity contribution in [2.75, 3.05) is 31.6 Å². The van der Waals surface area contributed by atoms with Crippen LogP contribution in [0.3, 0.4) is 0 Å². The van der Waals surface area contributed by atoms with Crippen molar-refractivity contribution in [3.63, 3.8) is 0 Å². The largest absolute Gasteiger partial charge is 0.507 e. The number of nitrogens with zero attached hydrogens (tertiary/aromatic N) is 2. The summed E-state index contributed by atoms with van der Waals surface area (Å²) >= 11 is 0. The van der Waals surface area contributed by atoms with Crippen molar-refractivity contribution >= 4 is 46.4 Å². The number of ketones is 3. The number of hydrogen-bond acceptors (Lipinski definition) is 16. The number of phenols is 1. The highest BCUT2D eigenvalue weighted by molar-refractivity contribution is 6.32. The number of amides is 1. The zero-order valence-electron chi connectivity index (χ0n) is 44.1. The van der Waals surface area contributed by atoms with Crippen molar-refractivity contribution in [1.82, 2.24) is 15.0 Å². The lowest BCUT2D eigenvalue weighted by Crippen LogP contribution is -2.46. The van der Waals surface area contributed by atoms with Crippen LogP contribution in [-0.4, -0.2) is 117 Å². The summed E-state index contributed by atoms with van der Waals surface area (Å²) in [4.78, 5) is 98.3. The van der Waals surface area contributed by atoms with Crippen molar-refractivity contribution in [2.45, 2.75) is 118 Å². The number of aromatic carboxylic acids is 1. The number of carbonyl (C=O) groups excluding carboxylic acids is 5. The van der Waals surface area contributed by atoms with Gasteiger partial charge in [-0.1, -0.05) is 45.9 Å². The lowest BCUT2D eigenvalue weighted by molar-refractivity contribution is -0.160. The number of aliphatic hydroxyl groups excluding tert-OH is 2. The highest BCUT2D eigenvalue weighted by atomic mass is 19.1. The van der Waals surface area contributed by atoms with E-state index < -0.39 is 134 Å². The first-order chi connectivity index (χ1) is 35.8. The van der Waals surface area contributed by atoms with E-state index in [9.17, 15) is 49.2 Å². The van der Waals surface area contributed by atoms with E-state index in [1.807, 2.05) is 0 Å². The molecule has 19 nitrogen and oxygen atoms in total. The number of hydrogen-bond donors (Lipinski definition) is 6. The number of anilines is 1. The van der Waals surface area contributed by atoms with Crippen LogP contribution in [0.5, 0.6) is 11.5 Å². The van der Waals surface area contributed by atoms with E-state index in [4.69, 9.17) is 18.9 Å². The first kappa shape index (κ1) is 55.1. The monoisotopic (exact) mass is 1050 g/mol. The summed E-state index contributed by atoms with van der Waals surface area (Å²) in [6.45, 7) is 14.4. The molecule has 0 radical (unpaired) electrons. The van der Waals surface area contributed by atoms with E-state index in [0.717, 1.165) is 29.7 Å². The number of Topliss-reactive ketones (excluding diaryl/α,β-unsaturated/α-hetero) is 3. The minimum Gasteiger partial charge on any atom is -0.507 e. The highest BCUT2D eigenvalue weighted by Crippen LogP contribution is 2.49. The van der Waals surface area contributed by atoms with E-state index >= 15 is 9.18 Å². The maximum absolute atomic E-state index is 16.2. The van der Waals surface area contributed by atoms with Gasteiger partial charge in [0.25, 0.3) is 17.2 Å². The number of phenolic OH excluding ortho intramolecular Hbond substituents is 1. The molecule has 2 fully saturated rings. The first-order valence-electron chi connectivity index (χ1n) is 25.5. The SMILES string of the molecule is CO[C@H]1/C=C/O[C@@]2(C)Oc3c(C)c(O)c4c(c3C2=O)C(=O)C(NCC2CCN(c3c(F)cn5c(=O)c(C(=O)O)cc(C6CC6)c5c3C)C2)=C(NC(=O)/C(C)=C\C=C\[C@H](C)[C@H](O)[C@@H](C)[C@@H](O)[C@@H](C)[C@H](OC(C)=O)[C@@H]1C)C4=O. The van der Waals surface area contributed by atoms with Crippen LogP contribution in [0, 0.1) is 49.3 Å². The molecule has 406 valence electrons. The molecule has 0 spiro atoms. The lowest BCUT2D eigenvalue weighted by Gasteiger charge is -2.38. The van der Waals surface area contributed by atoms with E-state index in [1.54, 1.807) is 45.6 Å². The normalized spacial score (nSPS) is 29.9. The predicted molar refractivity (Wildman–Crippen MR) is 274 cm³/mol. The van der Waals surface area contributed by atoms with Gasteiger partial charge in [-0.15, -0.1) is 0 Å². The number of carboxylic acids is 1. The van der Waals surface area contributed by atoms with Crippen LogP contribution in [0.15, 0.2) is 64.6 Å². The number of fused-ring (bicyclic) bond motifs is 15. The van der Waals surface area contributed by atoms with Crippen molar-refractivity contribution in [2.24, 2.45) is 29.6 Å². The second kappa shape index (κ2) is 21.1. The molecular formula is C56H65FN4O15. The van der Waals surface area contributed by atoms with Crippen LogP contribution in [0.4, 0.5) is 10.1 Å². The number of methoxy groups -OCH3 is 1.